The van der Waals surface area contributed by atoms with Crippen molar-refractivity contribution >= 4 is 5.97 Å². The quantitative estimate of drug-likeness (QED) is 0.597. The Kier molecular flexibility index (Phi) is 7.30. The highest BCUT2D eigenvalue weighted by atomic mass is 16.4. The zero-order chi connectivity index (χ0) is 10.1. The summed E-state index contributed by atoms with van der Waals surface area (Å²) in [5, 5.41) is 17.7. The molecule has 76 valence electrons. The maximum Gasteiger partial charge on any atom is 0.303 e. The SMILES string of the molecule is CC/C=C\C[C@H](O)CCCC(=O)O. The summed E-state index contributed by atoms with van der Waals surface area (Å²) in [5.74, 6) is -0.795. The molecule has 3 heteroatoms. The first kappa shape index (κ1) is 12.2. The van der Waals surface area contributed by atoms with Crippen LogP contribution in [0.2, 0.25) is 0 Å². The van der Waals surface area contributed by atoms with Gasteiger partial charge in [-0.2, -0.15) is 0 Å². The number of aliphatic carboxylic acids is 1. The second-order valence-electron chi connectivity index (χ2n) is 3.06. The molecule has 0 rings (SSSR count). The molecule has 0 saturated carbocycles. The molecule has 0 spiro atoms. The van der Waals surface area contributed by atoms with Gasteiger partial charge in [0.25, 0.3) is 0 Å². The van der Waals surface area contributed by atoms with Crippen molar-refractivity contribution in [2.75, 3.05) is 0 Å². The van der Waals surface area contributed by atoms with E-state index < -0.39 is 5.97 Å². The van der Waals surface area contributed by atoms with E-state index in [9.17, 15) is 9.90 Å². The summed E-state index contributed by atoms with van der Waals surface area (Å²) in [6, 6.07) is 0. The van der Waals surface area contributed by atoms with E-state index in [1.54, 1.807) is 0 Å². The highest BCUT2D eigenvalue weighted by molar-refractivity contribution is 5.66. The normalized spacial score (nSPS) is 13.4. The van der Waals surface area contributed by atoms with Crippen molar-refractivity contribution in [3.63, 3.8) is 0 Å². The van der Waals surface area contributed by atoms with Crippen molar-refractivity contribution < 1.29 is 15.0 Å². The van der Waals surface area contributed by atoms with E-state index in [2.05, 4.69) is 0 Å². The van der Waals surface area contributed by atoms with E-state index in [0.29, 0.717) is 19.3 Å². The van der Waals surface area contributed by atoms with Crippen molar-refractivity contribution in [3.8, 4) is 0 Å². The van der Waals surface area contributed by atoms with Crippen molar-refractivity contribution in [1.29, 1.82) is 0 Å². The van der Waals surface area contributed by atoms with Gasteiger partial charge in [-0.3, -0.25) is 4.79 Å². The molecule has 0 fully saturated rings. The van der Waals surface area contributed by atoms with Gasteiger partial charge in [0, 0.05) is 6.42 Å². The summed E-state index contributed by atoms with van der Waals surface area (Å²) < 4.78 is 0. The van der Waals surface area contributed by atoms with E-state index >= 15 is 0 Å². The monoisotopic (exact) mass is 186 g/mol. The van der Waals surface area contributed by atoms with Crippen LogP contribution >= 0.6 is 0 Å². The fraction of sp³-hybridized carbons (Fsp3) is 0.700. The lowest BCUT2D eigenvalue weighted by Gasteiger charge is -2.05. The summed E-state index contributed by atoms with van der Waals surface area (Å²) in [6.07, 6.45) is 6.43. The Morgan fingerprint density at radius 3 is 2.69 bits per heavy atom. The van der Waals surface area contributed by atoms with Crippen LogP contribution in [0.3, 0.4) is 0 Å². The molecular formula is C10H18O3. The van der Waals surface area contributed by atoms with Crippen molar-refractivity contribution in [2.45, 2.75) is 45.1 Å². The zero-order valence-electron chi connectivity index (χ0n) is 8.07. The Morgan fingerprint density at radius 1 is 1.46 bits per heavy atom. The summed E-state index contributed by atoms with van der Waals surface area (Å²) in [5.41, 5.74) is 0. The zero-order valence-corrected chi connectivity index (χ0v) is 8.07. The molecule has 0 aromatic carbocycles. The molecule has 1 atom stereocenters. The number of hydrogen-bond donors (Lipinski definition) is 2. The maximum absolute atomic E-state index is 10.1. The van der Waals surface area contributed by atoms with Gasteiger partial charge < -0.3 is 10.2 Å². The molecule has 0 aromatic rings. The van der Waals surface area contributed by atoms with Crippen LogP contribution < -0.4 is 0 Å². The minimum absolute atomic E-state index is 0.147. The molecule has 0 heterocycles. The highest BCUT2D eigenvalue weighted by Crippen LogP contribution is 2.05. The second-order valence-corrected chi connectivity index (χ2v) is 3.06. The minimum Gasteiger partial charge on any atom is -0.481 e. The van der Waals surface area contributed by atoms with Gasteiger partial charge in [0.05, 0.1) is 6.10 Å². The minimum atomic E-state index is -0.795. The first-order chi connectivity index (χ1) is 6.16. The van der Waals surface area contributed by atoms with Gasteiger partial charge in [-0.25, -0.2) is 0 Å². The number of aliphatic hydroxyl groups is 1. The predicted molar refractivity (Wildman–Crippen MR) is 51.5 cm³/mol. The molecule has 0 aliphatic heterocycles. The van der Waals surface area contributed by atoms with Gasteiger partial charge >= 0.3 is 5.97 Å². The number of rotatable bonds is 7. The van der Waals surface area contributed by atoms with Crippen LogP contribution in [0, 0.1) is 0 Å². The van der Waals surface area contributed by atoms with E-state index in [0.717, 1.165) is 6.42 Å². The van der Waals surface area contributed by atoms with Crippen LogP contribution in [0.15, 0.2) is 12.2 Å². The molecule has 0 saturated heterocycles. The largest absolute Gasteiger partial charge is 0.481 e. The number of hydrogen-bond acceptors (Lipinski definition) is 2. The smallest absolute Gasteiger partial charge is 0.303 e. The molecular weight excluding hydrogens is 168 g/mol. The Bertz CT molecular complexity index is 164. The molecule has 13 heavy (non-hydrogen) atoms. The van der Waals surface area contributed by atoms with Crippen molar-refractivity contribution in [1.82, 2.24) is 0 Å². The lowest BCUT2D eigenvalue weighted by molar-refractivity contribution is -0.137. The van der Waals surface area contributed by atoms with Crippen LogP contribution in [0.25, 0.3) is 0 Å². The van der Waals surface area contributed by atoms with Gasteiger partial charge in [0.15, 0.2) is 0 Å². The fourth-order valence-electron chi connectivity index (χ4n) is 1.03. The van der Waals surface area contributed by atoms with Crippen LogP contribution in [-0.4, -0.2) is 22.3 Å². The Labute approximate surface area is 79.1 Å². The molecule has 0 aliphatic carbocycles. The van der Waals surface area contributed by atoms with Gasteiger partial charge in [0.2, 0.25) is 0 Å². The maximum atomic E-state index is 10.1. The Hall–Kier alpha value is -0.830. The number of carbonyl (C=O) groups is 1. The average Bonchev–Trinajstić information content (AvgIpc) is 2.04. The molecule has 0 aromatic heterocycles. The third kappa shape index (κ3) is 9.08. The number of allylic oxidation sites excluding steroid dienone is 1. The molecule has 2 N–H and O–H groups in total. The van der Waals surface area contributed by atoms with E-state index in [4.69, 9.17) is 5.11 Å². The third-order valence-electron chi connectivity index (χ3n) is 1.74. The van der Waals surface area contributed by atoms with E-state index in [1.165, 1.54) is 0 Å². The van der Waals surface area contributed by atoms with E-state index in [-0.39, 0.29) is 12.5 Å². The van der Waals surface area contributed by atoms with Crippen LogP contribution in [0.5, 0.6) is 0 Å². The summed E-state index contributed by atoms with van der Waals surface area (Å²) in [6.45, 7) is 2.04. The molecule has 3 nitrogen and oxygen atoms in total. The first-order valence-electron chi connectivity index (χ1n) is 4.71. The van der Waals surface area contributed by atoms with Crippen LogP contribution in [-0.2, 0) is 4.79 Å². The molecule has 0 amide bonds. The standard InChI is InChI=1S/C10H18O3/c1-2-3-4-6-9(11)7-5-8-10(12)13/h3-4,9,11H,2,5-8H2,1H3,(H,12,13)/b4-3-/t9-/m0/s1. The second kappa shape index (κ2) is 7.80. The summed E-state index contributed by atoms with van der Waals surface area (Å²) >= 11 is 0. The molecule has 0 aliphatic rings. The topological polar surface area (TPSA) is 57.5 Å². The molecule has 0 bridgehead atoms. The lowest BCUT2D eigenvalue weighted by Crippen LogP contribution is -2.06. The van der Waals surface area contributed by atoms with Gasteiger partial charge in [0.1, 0.15) is 0 Å². The molecule has 0 unspecified atom stereocenters. The lowest BCUT2D eigenvalue weighted by atomic mass is 10.1. The Balaban J connectivity index is 3.34. The average molecular weight is 186 g/mol. The van der Waals surface area contributed by atoms with Crippen LogP contribution in [0.1, 0.15) is 39.0 Å². The highest BCUT2D eigenvalue weighted by Gasteiger charge is 2.03. The summed E-state index contributed by atoms with van der Waals surface area (Å²) in [7, 11) is 0. The molecule has 0 radical (unpaired) electrons. The predicted octanol–water partition coefficient (Wildman–Crippen LogP) is 1.96. The fourth-order valence-corrected chi connectivity index (χ4v) is 1.03. The number of aliphatic hydroxyl groups excluding tert-OH is 1. The third-order valence-corrected chi connectivity index (χ3v) is 1.74. The van der Waals surface area contributed by atoms with Gasteiger partial charge in [-0.1, -0.05) is 19.1 Å². The van der Waals surface area contributed by atoms with E-state index in [1.807, 2.05) is 19.1 Å². The van der Waals surface area contributed by atoms with Crippen molar-refractivity contribution in [3.05, 3.63) is 12.2 Å². The van der Waals surface area contributed by atoms with Crippen LogP contribution in [0.4, 0.5) is 0 Å². The van der Waals surface area contributed by atoms with Crippen molar-refractivity contribution in [2.24, 2.45) is 0 Å². The Morgan fingerprint density at radius 2 is 2.15 bits per heavy atom. The van der Waals surface area contributed by atoms with Gasteiger partial charge in [-0.15, -0.1) is 0 Å². The summed E-state index contributed by atoms with van der Waals surface area (Å²) in [4.78, 5) is 10.1. The first-order valence-corrected chi connectivity index (χ1v) is 4.71. The number of carboxylic acids is 1. The van der Waals surface area contributed by atoms with Gasteiger partial charge in [-0.05, 0) is 25.7 Å². The number of carboxylic acid groups (broad SMARTS) is 1.